The maximum atomic E-state index is 8.86. The molecule has 72 valence electrons. The molecule has 2 nitrogen and oxygen atoms in total. The molecule has 1 fully saturated rings. The van der Waals surface area contributed by atoms with Crippen molar-refractivity contribution in [3.8, 4) is 0 Å². The highest BCUT2D eigenvalue weighted by Crippen LogP contribution is 2.26. The Morgan fingerprint density at radius 2 is 2.42 bits per heavy atom. The number of aliphatic hydroxyl groups excluding tert-OH is 1. The normalized spacial score (nSPS) is 27.0. The Balaban J connectivity index is 2.29. The van der Waals surface area contributed by atoms with Crippen LogP contribution >= 0.6 is 0 Å². The summed E-state index contributed by atoms with van der Waals surface area (Å²) in [5, 5.41) is 8.86. The fraction of sp³-hybridized carbons (Fsp3) is 1.00. The molecule has 0 amide bonds. The first-order valence-corrected chi connectivity index (χ1v) is 5.07. The fourth-order valence-corrected chi connectivity index (χ4v) is 2.08. The van der Waals surface area contributed by atoms with Gasteiger partial charge in [-0.1, -0.05) is 13.3 Å². The van der Waals surface area contributed by atoms with Crippen LogP contribution in [0.2, 0.25) is 0 Å². The number of ether oxygens (including phenoxy) is 1. The van der Waals surface area contributed by atoms with Crippen molar-refractivity contribution in [1.82, 2.24) is 0 Å². The number of aliphatic hydroxyl groups is 1. The topological polar surface area (TPSA) is 29.5 Å². The van der Waals surface area contributed by atoms with Crippen LogP contribution in [0.1, 0.15) is 32.6 Å². The lowest BCUT2D eigenvalue weighted by atomic mass is 9.84. The van der Waals surface area contributed by atoms with Gasteiger partial charge < -0.3 is 9.84 Å². The van der Waals surface area contributed by atoms with E-state index in [4.69, 9.17) is 9.84 Å². The van der Waals surface area contributed by atoms with Crippen LogP contribution < -0.4 is 0 Å². The lowest BCUT2D eigenvalue weighted by molar-refractivity contribution is 0.0242. The third-order valence-electron chi connectivity index (χ3n) is 2.89. The molecule has 1 aliphatic rings. The molecular formula is C10H20O2. The lowest BCUT2D eigenvalue weighted by Crippen LogP contribution is -2.25. The minimum atomic E-state index is 0.328. The lowest BCUT2D eigenvalue weighted by Gasteiger charge is -2.29. The second-order valence-corrected chi connectivity index (χ2v) is 3.66. The van der Waals surface area contributed by atoms with Gasteiger partial charge in [-0.25, -0.2) is 0 Å². The monoisotopic (exact) mass is 172 g/mol. The molecule has 1 heterocycles. The Morgan fingerprint density at radius 3 is 2.92 bits per heavy atom. The molecule has 1 aliphatic heterocycles. The Bertz CT molecular complexity index is 106. The van der Waals surface area contributed by atoms with Gasteiger partial charge in [-0.05, 0) is 31.1 Å². The summed E-state index contributed by atoms with van der Waals surface area (Å²) in [6, 6.07) is 0. The summed E-state index contributed by atoms with van der Waals surface area (Å²) in [6.45, 7) is 4.38. The predicted octanol–water partition coefficient (Wildman–Crippen LogP) is 1.82. The van der Waals surface area contributed by atoms with Crippen molar-refractivity contribution >= 4 is 0 Å². The number of rotatable bonds is 4. The van der Waals surface area contributed by atoms with Gasteiger partial charge in [-0.3, -0.25) is 0 Å². The summed E-state index contributed by atoms with van der Waals surface area (Å²) in [7, 11) is 0. The van der Waals surface area contributed by atoms with E-state index in [-0.39, 0.29) is 0 Å². The standard InChI is InChI=1S/C10H20O2/c1-2-9(5-6-11)10-4-3-7-12-8-10/h9-11H,2-8H2,1H3. The molecule has 1 saturated heterocycles. The van der Waals surface area contributed by atoms with Crippen molar-refractivity contribution in [2.24, 2.45) is 11.8 Å². The summed E-state index contributed by atoms with van der Waals surface area (Å²) in [5.41, 5.74) is 0. The first-order valence-electron chi connectivity index (χ1n) is 5.07. The zero-order valence-electron chi connectivity index (χ0n) is 7.96. The SMILES string of the molecule is CCC(CCO)C1CCCOC1. The van der Waals surface area contributed by atoms with Crippen LogP contribution in [0.4, 0.5) is 0 Å². The average Bonchev–Trinajstić information content (AvgIpc) is 2.15. The maximum Gasteiger partial charge on any atom is 0.0496 e. The molecule has 0 saturated carbocycles. The van der Waals surface area contributed by atoms with Crippen LogP contribution in [-0.4, -0.2) is 24.9 Å². The zero-order chi connectivity index (χ0) is 8.81. The number of hydrogen-bond donors (Lipinski definition) is 1. The Hall–Kier alpha value is -0.0800. The van der Waals surface area contributed by atoms with Crippen molar-refractivity contribution in [2.75, 3.05) is 19.8 Å². The van der Waals surface area contributed by atoms with Crippen LogP contribution in [0.15, 0.2) is 0 Å². The molecule has 2 heteroatoms. The van der Waals surface area contributed by atoms with Gasteiger partial charge >= 0.3 is 0 Å². The highest BCUT2D eigenvalue weighted by atomic mass is 16.5. The molecule has 0 aromatic carbocycles. The molecule has 2 unspecified atom stereocenters. The first kappa shape index (κ1) is 10.0. The third-order valence-corrected chi connectivity index (χ3v) is 2.89. The van der Waals surface area contributed by atoms with Crippen LogP contribution in [0.5, 0.6) is 0 Å². The van der Waals surface area contributed by atoms with Gasteiger partial charge in [-0.15, -0.1) is 0 Å². The van der Waals surface area contributed by atoms with E-state index < -0.39 is 0 Å². The van der Waals surface area contributed by atoms with Gasteiger partial charge in [0.15, 0.2) is 0 Å². The molecule has 1 N–H and O–H groups in total. The Labute approximate surface area is 74.9 Å². The highest BCUT2D eigenvalue weighted by Gasteiger charge is 2.21. The summed E-state index contributed by atoms with van der Waals surface area (Å²) in [4.78, 5) is 0. The first-order chi connectivity index (χ1) is 5.88. The van der Waals surface area contributed by atoms with Crippen molar-refractivity contribution in [3.63, 3.8) is 0 Å². The molecule has 12 heavy (non-hydrogen) atoms. The van der Waals surface area contributed by atoms with E-state index in [1.54, 1.807) is 0 Å². The molecule has 0 radical (unpaired) electrons. The summed E-state index contributed by atoms with van der Waals surface area (Å²) in [6.07, 6.45) is 4.62. The van der Waals surface area contributed by atoms with E-state index in [9.17, 15) is 0 Å². The molecule has 0 bridgehead atoms. The minimum Gasteiger partial charge on any atom is -0.396 e. The Morgan fingerprint density at radius 1 is 1.58 bits per heavy atom. The average molecular weight is 172 g/mol. The smallest absolute Gasteiger partial charge is 0.0496 e. The van der Waals surface area contributed by atoms with Gasteiger partial charge in [-0.2, -0.15) is 0 Å². The van der Waals surface area contributed by atoms with E-state index in [1.165, 1.54) is 19.3 Å². The predicted molar refractivity (Wildman–Crippen MR) is 49.0 cm³/mol. The molecule has 0 spiro atoms. The quantitative estimate of drug-likeness (QED) is 0.701. The Kier molecular flexibility index (Phi) is 4.62. The molecule has 0 aromatic heterocycles. The van der Waals surface area contributed by atoms with Crippen molar-refractivity contribution < 1.29 is 9.84 Å². The molecular weight excluding hydrogens is 152 g/mol. The van der Waals surface area contributed by atoms with E-state index in [0.717, 1.165) is 19.6 Å². The van der Waals surface area contributed by atoms with Gasteiger partial charge in [0.05, 0.1) is 0 Å². The van der Waals surface area contributed by atoms with Crippen LogP contribution in [0.25, 0.3) is 0 Å². The summed E-state index contributed by atoms with van der Waals surface area (Å²) < 4.78 is 5.43. The van der Waals surface area contributed by atoms with Gasteiger partial charge in [0.25, 0.3) is 0 Å². The minimum absolute atomic E-state index is 0.328. The van der Waals surface area contributed by atoms with Crippen molar-refractivity contribution in [3.05, 3.63) is 0 Å². The van der Waals surface area contributed by atoms with E-state index in [2.05, 4.69) is 6.92 Å². The van der Waals surface area contributed by atoms with Gasteiger partial charge in [0.2, 0.25) is 0 Å². The zero-order valence-corrected chi connectivity index (χ0v) is 7.96. The van der Waals surface area contributed by atoms with Crippen LogP contribution in [-0.2, 0) is 4.74 Å². The van der Waals surface area contributed by atoms with E-state index in [1.807, 2.05) is 0 Å². The molecule has 2 atom stereocenters. The fourth-order valence-electron chi connectivity index (χ4n) is 2.08. The number of hydrogen-bond acceptors (Lipinski definition) is 2. The summed E-state index contributed by atoms with van der Waals surface area (Å²) >= 11 is 0. The van der Waals surface area contributed by atoms with Crippen LogP contribution in [0.3, 0.4) is 0 Å². The van der Waals surface area contributed by atoms with E-state index >= 15 is 0 Å². The van der Waals surface area contributed by atoms with E-state index in [0.29, 0.717) is 18.4 Å². The molecule has 0 aliphatic carbocycles. The highest BCUT2D eigenvalue weighted by molar-refractivity contribution is 4.71. The third kappa shape index (κ3) is 2.76. The second-order valence-electron chi connectivity index (χ2n) is 3.66. The van der Waals surface area contributed by atoms with Crippen LogP contribution in [0, 0.1) is 11.8 Å². The maximum absolute atomic E-state index is 8.86. The summed E-state index contributed by atoms with van der Waals surface area (Å²) in [5.74, 6) is 1.38. The largest absolute Gasteiger partial charge is 0.396 e. The van der Waals surface area contributed by atoms with Gasteiger partial charge in [0.1, 0.15) is 0 Å². The second kappa shape index (κ2) is 5.55. The van der Waals surface area contributed by atoms with Crippen molar-refractivity contribution in [1.29, 1.82) is 0 Å². The van der Waals surface area contributed by atoms with Gasteiger partial charge in [0, 0.05) is 19.8 Å². The van der Waals surface area contributed by atoms with Crippen molar-refractivity contribution in [2.45, 2.75) is 32.6 Å². The molecule has 1 rings (SSSR count). The molecule has 0 aromatic rings.